The summed E-state index contributed by atoms with van der Waals surface area (Å²) in [5.74, 6) is -2.09. The van der Waals surface area contributed by atoms with Gasteiger partial charge in [0.1, 0.15) is 11.7 Å². The molecule has 2 unspecified atom stereocenters. The zero-order valence-corrected chi connectivity index (χ0v) is 23.1. The van der Waals surface area contributed by atoms with Crippen molar-refractivity contribution in [3.05, 3.63) is 78.3 Å². The molecule has 2 aromatic heterocycles. The number of methoxy groups -OCH3 is 1. The molecular weight excluding hydrogens is 556 g/mol. The van der Waals surface area contributed by atoms with E-state index in [1.165, 1.54) is 25.4 Å². The third kappa shape index (κ3) is 6.57. The average molecular weight is 586 g/mol. The topological polar surface area (TPSA) is 105 Å². The minimum Gasteiger partial charge on any atom is -0.494 e. The fourth-order valence-electron chi connectivity index (χ4n) is 4.62. The van der Waals surface area contributed by atoms with Gasteiger partial charge >= 0.3 is 0 Å². The van der Waals surface area contributed by atoms with Crippen LogP contribution in [0.5, 0.6) is 5.75 Å². The molecule has 0 aliphatic carbocycles. The van der Waals surface area contributed by atoms with Crippen LogP contribution in [0.1, 0.15) is 10.4 Å². The van der Waals surface area contributed by atoms with Gasteiger partial charge in [0.05, 0.1) is 32.2 Å². The van der Waals surface area contributed by atoms with Crippen LogP contribution in [0.2, 0.25) is 0 Å². The van der Waals surface area contributed by atoms with E-state index in [1.54, 1.807) is 41.1 Å². The number of rotatable bonds is 11. The van der Waals surface area contributed by atoms with E-state index in [0.29, 0.717) is 22.7 Å². The van der Waals surface area contributed by atoms with Gasteiger partial charge in [-0.15, -0.1) is 0 Å². The Kier molecular flexibility index (Phi) is 9.24. The number of nitrogens with one attached hydrogen (secondary N) is 3. The molecule has 1 fully saturated rings. The van der Waals surface area contributed by atoms with Crippen LogP contribution in [-0.2, 0) is 4.74 Å². The lowest BCUT2D eigenvalue weighted by Gasteiger charge is -2.35. The number of nitrogens with zero attached hydrogens (tertiary/aromatic N) is 4. The lowest BCUT2D eigenvalue weighted by atomic mass is 10.1. The zero-order valence-electron chi connectivity index (χ0n) is 22.3. The summed E-state index contributed by atoms with van der Waals surface area (Å²) in [5.41, 5.74) is 0.583. The Bertz CT molecular complexity index is 1480. The molecule has 1 aliphatic heterocycles. The zero-order chi connectivity index (χ0) is 28.8. The molecule has 1 saturated heterocycles. The third-order valence-electron chi connectivity index (χ3n) is 6.76. The molecule has 1 amide bonds. The van der Waals surface area contributed by atoms with Crippen molar-refractivity contribution in [1.82, 2.24) is 29.9 Å². The number of alkyl halides is 1. The highest BCUT2D eigenvalue weighted by Crippen LogP contribution is 2.31. The molecule has 0 radical (unpaired) electrons. The van der Waals surface area contributed by atoms with Crippen LogP contribution in [0.25, 0.3) is 16.9 Å². The number of hydrogen-bond acceptors (Lipinski definition) is 8. The number of amides is 1. The van der Waals surface area contributed by atoms with Crippen LogP contribution in [0.4, 0.5) is 14.6 Å². The number of anilines is 1. The second kappa shape index (κ2) is 13.2. The molecule has 0 bridgehead atoms. The fourth-order valence-corrected chi connectivity index (χ4v) is 4.77. The molecule has 1 aliphatic rings. The minimum absolute atomic E-state index is 0.0393. The van der Waals surface area contributed by atoms with Gasteiger partial charge in [-0.05, 0) is 24.3 Å². The first-order valence-electron chi connectivity index (χ1n) is 13.1. The summed E-state index contributed by atoms with van der Waals surface area (Å²) >= 11 is 6.41. The highest BCUT2D eigenvalue weighted by molar-refractivity contribution is 6.20. The summed E-state index contributed by atoms with van der Waals surface area (Å²) < 4.78 is 41.8. The Morgan fingerprint density at radius 1 is 1.12 bits per heavy atom. The fraction of sp³-hybridized carbons (Fsp3) is 0.321. The Balaban J connectivity index is 1.31. The summed E-state index contributed by atoms with van der Waals surface area (Å²) in [4.78, 5) is 23.5. The van der Waals surface area contributed by atoms with Crippen LogP contribution < -0.4 is 20.7 Å². The van der Waals surface area contributed by atoms with Gasteiger partial charge in [0, 0.05) is 49.7 Å². The number of carbonyl (C=O) groups is 1. The molecule has 5 rings (SSSR count). The number of halogens is 3. The van der Waals surface area contributed by atoms with E-state index in [1.807, 2.05) is 6.07 Å². The van der Waals surface area contributed by atoms with Gasteiger partial charge in [0.15, 0.2) is 23.0 Å². The third-order valence-corrected chi connectivity index (χ3v) is 7.04. The van der Waals surface area contributed by atoms with Crippen molar-refractivity contribution in [2.45, 2.75) is 11.7 Å². The van der Waals surface area contributed by atoms with Crippen molar-refractivity contribution in [3.8, 4) is 17.0 Å². The molecule has 0 saturated carbocycles. The number of piperazine rings is 1. The van der Waals surface area contributed by atoms with Crippen molar-refractivity contribution in [3.63, 3.8) is 0 Å². The van der Waals surface area contributed by atoms with E-state index in [9.17, 15) is 13.6 Å². The number of carbonyl (C=O) groups excluding carboxylic acids is 1. The lowest BCUT2D eigenvalue weighted by molar-refractivity contribution is 0.0472. The molecular formula is C28H30ClF2N7O3. The Morgan fingerprint density at radius 3 is 2.66 bits per heavy atom. The van der Waals surface area contributed by atoms with E-state index < -0.39 is 17.2 Å². The molecule has 10 nitrogen and oxygen atoms in total. The number of ether oxygens (including phenoxy) is 2. The summed E-state index contributed by atoms with van der Waals surface area (Å²) in [6, 6.07) is 11.7. The summed E-state index contributed by atoms with van der Waals surface area (Å²) in [5, 5.41) is 9.50. The molecule has 4 aromatic rings. The summed E-state index contributed by atoms with van der Waals surface area (Å²) in [7, 11) is 1.28. The normalized spacial score (nSPS) is 15.4. The minimum atomic E-state index is -1.07. The first-order chi connectivity index (χ1) is 20.0. The Morgan fingerprint density at radius 2 is 1.90 bits per heavy atom. The van der Waals surface area contributed by atoms with Crippen LogP contribution >= 0.6 is 11.6 Å². The smallest absolute Gasteiger partial charge is 0.251 e. The van der Waals surface area contributed by atoms with Crippen LogP contribution in [0.3, 0.4) is 0 Å². The number of imidazole rings is 1. The van der Waals surface area contributed by atoms with Crippen molar-refractivity contribution >= 4 is 29.0 Å². The monoisotopic (exact) mass is 585 g/mol. The van der Waals surface area contributed by atoms with Crippen LogP contribution in [-0.4, -0.2) is 83.3 Å². The van der Waals surface area contributed by atoms with E-state index in [4.69, 9.17) is 21.1 Å². The molecule has 3 heterocycles. The second-order valence-electron chi connectivity index (χ2n) is 9.32. The van der Waals surface area contributed by atoms with Gasteiger partial charge in [-0.2, -0.15) is 4.39 Å². The predicted octanol–water partition coefficient (Wildman–Crippen LogP) is 3.34. The first kappa shape index (κ1) is 28.7. The molecule has 13 heteroatoms. The SMILES string of the molecule is COc1ccc(-c2cnc3c(NC(COC(Cl)CNC(=O)c4ccccc4)N4CCNCC4)nccn23)c(F)c1F. The molecule has 2 atom stereocenters. The van der Waals surface area contributed by atoms with Crippen LogP contribution in [0, 0.1) is 11.6 Å². The van der Waals surface area contributed by atoms with Gasteiger partial charge in [0.2, 0.25) is 5.82 Å². The van der Waals surface area contributed by atoms with Crippen molar-refractivity contribution < 1.29 is 23.0 Å². The molecule has 216 valence electrons. The highest BCUT2D eigenvalue weighted by Gasteiger charge is 2.25. The van der Waals surface area contributed by atoms with Crippen molar-refractivity contribution in [1.29, 1.82) is 0 Å². The molecule has 2 aromatic carbocycles. The van der Waals surface area contributed by atoms with Gasteiger partial charge in [0.25, 0.3) is 5.91 Å². The van der Waals surface area contributed by atoms with E-state index in [2.05, 4.69) is 30.8 Å². The number of aromatic nitrogens is 3. The maximum atomic E-state index is 14.9. The van der Waals surface area contributed by atoms with Gasteiger partial charge < -0.3 is 25.4 Å². The Hall–Kier alpha value is -3.84. The van der Waals surface area contributed by atoms with E-state index in [0.717, 1.165) is 26.2 Å². The highest BCUT2D eigenvalue weighted by atomic mass is 35.5. The van der Waals surface area contributed by atoms with Crippen molar-refractivity contribution in [2.75, 3.05) is 51.8 Å². The second-order valence-corrected chi connectivity index (χ2v) is 9.81. The van der Waals surface area contributed by atoms with Crippen LogP contribution in [0.15, 0.2) is 61.1 Å². The molecule has 3 N–H and O–H groups in total. The quantitative estimate of drug-likeness (QED) is 0.230. The molecule has 41 heavy (non-hydrogen) atoms. The average Bonchev–Trinajstić information content (AvgIpc) is 3.45. The summed E-state index contributed by atoms with van der Waals surface area (Å²) in [6.45, 7) is 3.39. The maximum absolute atomic E-state index is 14.9. The lowest BCUT2D eigenvalue weighted by Crippen LogP contribution is -2.53. The van der Waals surface area contributed by atoms with Gasteiger partial charge in [-0.1, -0.05) is 29.8 Å². The van der Waals surface area contributed by atoms with Gasteiger partial charge in [-0.25, -0.2) is 14.4 Å². The maximum Gasteiger partial charge on any atom is 0.251 e. The number of hydrogen-bond donors (Lipinski definition) is 3. The van der Waals surface area contributed by atoms with Gasteiger partial charge in [-0.3, -0.25) is 14.1 Å². The standard InChI is InChI=1S/C28H30ClF2N7O3/c1-40-21-8-7-19(24(30)25(21)31)20-15-34-27-26(33-11-14-38(20)27)36-23(37-12-9-32-10-13-37)17-41-22(29)16-35-28(39)18-5-3-2-4-6-18/h2-8,11,14-15,22-23,32H,9-10,12-13,16-17H2,1H3,(H,33,36)(H,35,39). The summed E-state index contributed by atoms with van der Waals surface area (Å²) in [6.07, 6.45) is 4.31. The predicted molar refractivity (Wildman–Crippen MR) is 151 cm³/mol. The molecule has 0 spiro atoms. The number of fused-ring (bicyclic) bond motifs is 1. The largest absolute Gasteiger partial charge is 0.494 e. The van der Waals surface area contributed by atoms with E-state index >= 15 is 0 Å². The Labute approximate surface area is 240 Å². The number of benzene rings is 2. The van der Waals surface area contributed by atoms with E-state index in [-0.39, 0.29) is 36.5 Å². The van der Waals surface area contributed by atoms with Crippen molar-refractivity contribution in [2.24, 2.45) is 0 Å². The first-order valence-corrected chi connectivity index (χ1v) is 13.5.